The van der Waals surface area contributed by atoms with Crippen molar-refractivity contribution in [3.8, 4) is 0 Å². The molecule has 2 N–H and O–H groups in total. The third-order valence-corrected chi connectivity index (χ3v) is 2.95. The van der Waals surface area contributed by atoms with Gasteiger partial charge in [0.15, 0.2) is 0 Å². The van der Waals surface area contributed by atoms with E-state index in [0.717, 1.165) is 24.3 Å². The van der Waals surface area contributed by atoms with Gasteiger partial charge in [-0.2, -0.15) is 0 Å². The number of rotatable bonds is 2. The predicted octanol–water partition coefficient (Wildman–Crippen LogP) is 1.58. The Morgan fingerprint density at radius 1 is 1.25 bits per heavy atom. The summed E-state index contributed by atoms with van der Waals surface area (Å²) in [5, 5.41) is 0. The molecular formula is C12H17N3O. The summed E-state index contributed by atoms with van der Waals surface area (Å²) in [6, 6.07) is 7.96. The van der Waals surface area contributed by atoms with Crippen molar-refractivity contribution in [3.63, 3.8) is 0 Å². The second kappa shape index (κ2) is 4.14. The molecule has 0 saturated carbocycles. The van der Waals surface area contributed by atoms with Crippen LogP contribution in [0.25, 0.3) is 0 Å². The number of carbonyl (C=O) groups is 1. The second-order valence-electron chi connectivity index (χ2n) is 4.24. The van der Waals surface area contributed by atoms with Gasteiger partial charge < -0.3 is 10.6 Å². The minimum atomic E-state index is 0.0333. The number of hydrogen-bond donors (Lipinski definition) is 1. The van der Waals surface area contributed by atoms with Crippen molar-refractivity contribution in [2.45, 2.75) is 13.0 Å². The molecule has 1 fully saturated rings. The maximum Gasteiger partial charge on any atom is 0.324 e. The second-order valence-corrected chi connectivity index (χ2v) is 4.24. The van der Waals surface area contributed by atoms with Crippen molar-refractivity contribution in [2.75, 3.05) is 25.0 Å². The number of likely N-dealkylation sites (N-methyl/N-ethyl adjacent to an activating group) is 1. The van der Waals surface area contributed by atoms with Gasteiger partial charge in [-0.1, -0.05) is 12.1 Å². The third-order valence-electron chi connectivity index (χ3n) is 2.95. The van der Waals surface area contributed by atoms with Gasteiger partial charge in [-0.3, -0.25) is 4.90 Å². The van der Waals surface area contributed by atoms with Gasteiger partial charge >= 0.3 is 6.03 Å². The lowest BCUT2D eigenvalue weighted by Gasteiger charge is -2.16. The zero-order chi connectivity index (χ0) is 11.7. The normalized spacial score (nSPS) is 18.1. The Kier molecular flexibility index (Phi) is 2.83. The van der Waals surface area contributed by atoms with E-state index in [1.54, 1.807) is 9.80 Å². The average molecular weight is 219 g/mol. The van der Waals surface area contributed by atoms with Gasteiger partial charge in [0.05, 0.1) is 0 Å². The first kappa shape index (κ1) is 11.0. The Labute approximate surface area is 95.6 Å². The van der Waals surface area contributed by atoms with E-state index in [-0.39, 0.29) is 12.1 Å². The lowest BCUT2D eigenvalue weighted by molar-refractivity contribution is 0.229. The molecule has 1 aromatic carbocycles. The van der Waals surface area contributed by atoms with E-state index in [2.05, 4.69) is 0 Å². The average Bonchev–Trinajstić information content (AvgIpc) is 2.60. The van der Waals surface area contributed by atoms with Gasteiger partial charge in [0.2, 0.25) is 0 Å². The monoisotopic (exact) mass is 219 g/mol. The van der Waals surface area contributed by atoms with E-state index >= 15 is 0 Å². The molecule has 1 unspecified atom stereocenters. The van der Waals surface area contributed by atoms with Crippen molar-refractivity contribution in [1.82, 2.24) is 4.90 Å². The standard InChI is InChI=1S/C12H17N3O/c1-9(13)10-3-5-11(6-4-10)15-8-7-14(2)12(15)16/h3-6,9H,7-8,13H2,1-2H3. The molecule has 1 aliphatic rings. The lowest BCUT2D eigenvalue weighted by atomic mass is 10.1. The lowest BCUT2D eigenvalue weighted by Crippen LogP contribution is -2.29. The number of hydrogen-bond acceptors (Lipinski definition) is 2. The van der Waals surface area contributed by atoms with Crippen LogP contribution in [-0.2, 0) is 0 Å². The summed E-state index contributed by atoms with van der Waals surface area (Å²) in [6.07, 6.45) is 0. The highest BCUT2D eigenvalue weighted by molar-refractivity contribution is 5.93. The van der Waals surface area contributed by atoms with Crippen LogP contribution in [0.3, 0.4) is 0 Å². The van der Waals surface area contributed by atoms with Crippen molar-refractivity contribution >= 4 is 11.7 Å². The van der Waals surface area contributed by atoms with Crippen molar-refractivity contribution in [1.29, 1.82) is 0 Å². The van der Waals surface area contributed by atoms with Gasteiger partial charge in [-0.15, -0.1) is 0 Å². The van der Waals surface area contributed by atoms with Crippen LogP contribution < -0.4 is 10.6 Å². The zero-order valence-corrected chi connectivity index (χ0v) is 9.68. The Balaban J connectivity index is 2.19. The number of benzene rings is 1. The van der Waals surface area contributed by atoms with Gasteiger partial charge in [-0.25, -0.2) is 4.79 Å². The maximum atomic E-state index is 11.8. The summed E-state index contributed by atoms with van der Waals surface area (Å²) in [4.78, 5) is 15.3. The van der Waals surface area contributed by atoms with Crippen LogP contribution in [0.4, 0.5) is 10.5 Å². The molecule has 0 aromatic heterocycles. The summed E-state index contributed by atoms with van der Waals surface area (Å²) in [7, 11) is 1.82. The van der Waals surface area contributed by atoms with Crippen LogP contribution in [-0.4, -0.2) is 31.1 Å². The minimum absolute atomic E-state index is 0.0333. The fraction of sp³-hybridized carbons (Fsp3) is 0.417. The molecule has 0 bridgehead atoms. The number of anilines is 1. The fourth-order valence-corrected chi connectivity index (χ4v) is 1.84. The van der Waals surface area contributed by atoms with Crippen LogP contribution in [0.15, 0.2) is 24.3 Å². The highest BCUT2D eigenvalue weighted by Crippen LogP contribution is 2.21. The summed E-state index contributed by atoms with van der Waals surface area (Å²) in [6.45, 7) is 3.49. The highest BCUT2D eigenvalue weighted by atomic mass is 16.2. The summed E-state index contributed by atoms with van der Waals surface area (Å²) < 4.78 is 0. The van der Waals surface area contributed by atoms with Gasteiger partial charge in [0.1, 0.15) is 0 Å². The predicted molar refractivity (Wildman–Crippen MR) is 64.4 cm³/mol. The van der Waals surface area contributed by atoms with Crippen LogP contribution >= 0.6 is 0 Å². The number of amides is 2. The van der Waals surface area contributed by atoms with E-state index in [1.165, 1.54) is 0 Å². The number of urea groups is 1. The Morgan fingerprint density at radius 3 is 2.31 bits per heavy atom. The number of carbonyl (C=O) groups excluding carboxylic acids is 1. The van der Waals surface area contributed by atoms with Gasteiger partial charge in [-0.05, 0) is 24.6 Å². The number of nitrogens with zero attached hydrogens (tertiary/aromatic N) is 2. The molecule has 0 radical (unpaired) electrons. The summed E-state index contributed by atoms with van der Waals surface area (Å²) in [5.41, 5.74) is 7.81. The van der Waals surface area contributed by atoms with Crippen LogP contribution in [0.2, 0.25) is 0 Å². The zero-order valence-electron chi connectivity index (χ0n) is 9.68. The van der Waals surface area contributed by atoms with E-state index in [9.17, 15) is 4.79 Å². The highest BCUT2D eigenvalue weighted by Gasteiger charge is 2.26. The molecular weight excluding hydrogens is 202 g/mol. The molecule has 1 aromatic rings. The van der Waals surface area contributed by atoms with Crippen molar-refractivity contribution < 1.29 is 4.79 Å². The quantitative estimate of drug-likeness (QED) is 0.821. The van der Waals surface area contributed by atoms with Crippen LogP contribution in [0.1, 0.15) is 18.5 Å². The molecule has 1 aliphatic heterocycles. The largest absolute Gasteiger partial charge is 0.326 e. The first-order valence-corrected chi connectivity index (χ1v) is 5.48. The van der Waals surface area contributed by atoms with Crippen LogP contribution in [0.5, 0.6) is 0 Å². The molecule has 1 saturated heterocycles. The molecule has 1 atom stereocenters. The van der Waals surface area contributed by atoms with E-state index in [0.29, 0.717) is 0 Å². The molecule has 4 heteroatoms. The van der Waals surface area contributed by atoms with E-state index < -0.39 is 0 Å². The molecule has 2 rings (SSSR count). The first-order chi connectivity index (χ1) is 7.59. The molecule has 86 valence electrons. The summed E-state index contributed by atoms with van der Waals surface area (Å²) in [5.74, 6) is 0. The maximum absolute atomic E-state index is 11.8. The minimum Gasteiger partial charge on any atom is -0.326 e. The SMILES string of the molecule is CC(N)c1ccc(N2CCN(C)C2=O)cc1. The van der Waals surface area contributed by atoms with Gasteiger partial charge in [0, 0.05) is 31.9 Å². The smallest absolute Gasteiger partial charge is 0.324 e. The molecule has 16 heavy (non-hydrogen) atoms. The fourth-order valence-electron chi connectivity index (χ4n) is 1.84. The van der Waals surface area contributed by atoms with Crippen molar-refractivity contribution in [2.24, 2.45) is 5.73 Å². The molecule has 1 heterocycles. The Bertz CT molecular complexity index is 386. The third kappa shape index (κ3) is 1.88. The molecule has 2 amide bonds. The Morgan fingerprint density at radius 2 is 1.88 bits per heavy atom. The van der Waals surface area contributed by atoms with E-state index in [4.69, 9.17) is 5.73 Å². The first-order valence-electron chi connectivity index (χ1n) is 5.48. The van der Waals surface area contributed by atoms with Gasteiger partial charge in [0.25, 0.3) is 0 Å². The molecule has 4 nitrogen and oxygen atoms in total. The molecule has 0 aliphatic carbocycles. The summed E-state index contributed by atoms with van der Waals surface area (Å²) >= 11 is 0. The number of nitrogens with two attached hydrogens (primary N) is 1. The van der Waals surface area contributed by atoms with Crippen LogP contribution in [0, 0.1) is 0 Å². The Hall–Kier alpha value is -1.55. The molecule has 0 spiro atoms. The van der Waals surface area contributed by atoms with E-state index in [1.807, 2.05) is 38.2 Å². The topological polar surface area (TPSA) is 49.6 Å². The van der Waals surface area contributed by atoms with Crippen molar-refractivity contribution in [3.05, 3.63) is 29.8 Å².